The first-order valence-corrected chi connectivity index (χ1v) is 10.7. The molecule has 166 valence electrons. The Bertz CT molecular complexity index is 1120. The van der Waals surface area contributed by atoms with Gasteiger partial charge in [-0.25, -0.2) is 4.73 Å². The van der Waals surface area contributed by atoms with Crippen molar-refractivity contribution < 1.29 is 24.1 Å². The van der Waals surface area contributed by atoms with E-state index < -0.39 is 5.97 Å². The first-order valence-electron chi connectivity index (χ1n) is 10.7. The van der Waals surface area contributed by atoms with Gasteiger partial charge in [-0.2, -0.15) is 0 Å². The van der Waals surface area contributed by atoms with Crippen molar-refractivity contribution in [3.63, 3.8) is 0 Å². The number of hydrogen-bond donors (Lipinski definition) is 2. The Balaban J connectivity index is 1.38. The summed E-state index contributed by atoms with van der Waals surface area (Å²) in [4.78, 5) is 11.4. The fourth-order valence-corrected chi connectivity index (χ4v) is 3.89. The monoisotopic (exact) mass is 434 g/mol. The second-order valence-electron chi connectivity index (χ2n) is 7.95. The topological polar surface area (TPSA) is 94.7 Å². The van der Waals surface area contributed by atoms with Gasteiger partial charge in [-0.15, -0.1) is 0 Å². The number of para-hydroxylation sites is 1. The van der Waals surface area contributed by atoms with Gasteiger partial charge in [0.05, 0.1) is 25.8 Å². The number of fused-ring (bicyclic) bond motifs is 2. The number of carbonyl (C=O) groups is 1. The molecule has 0 bridgehead atoms. The van der Waals surface area contributed by atoms with Crippen molar-refractivity contribution >= 4 is 11.8 Å². The van der Waals surface area contributed by atoms with Gasteiger partial charge in [0.1, 0.15) is 17.2 Å². The molecule has 4 rings (SSSR count). The predicted octanol–water partition coefficient (Wildman–Crippen LogP) is 4.42. The highest BCUT2D eigenvalue weighted by molar-refractivity contribution is 5.69. The summed E-state index contributed by atoms with van der Waals surface area (Å²) in [5.41, 5.74) is 2.89. The van der Waals surface area contributed by atoms with E-state index in [-0.39, 0.29) is 12.3 Å². The number of rotatable bonds is 8. The molecule has 1 atom stereocenters. The zero-order valence-corrected chi connectivity index (χ0v) is 17.9. The molecular weight excluding hydrogens is 408 g/mol. The number of benzene rings is 2. The highest BCUT2D eigenvalue weighted by atomic mass is 16.5. The molecule has 0 aliphatic carbocycles. The van der Waals surface area contributed by atoms with Crippen LogP contribution >= 0.6 is 0 Å². The lowest BCUT2D eigenvalue weighted by Gasteiger charge is -2.14. The lowest BCUT2D eigenvalue weighted by Crippen LogP contribution is -2.30. The highest BCUT2D eigenvalue weighted by Gasteiger charge is 2.25. The fourth-order valence-electron chi connectivity index (χ4n) is 3.89. The molecule has 0 radical (unpaired) electrons. The predicted molar refractivity (Wildman–Crippen MR) is 120 cm³/mol. The summed E-state index contributed by atoms with van der Waals surface area (Å²) in [5, 5.41) is 24.2. The number of carboxylic acids is 1. The number of aromatic nitrogens is 1. The van der Waals surface area contributed by atoms with Gasteiger partial charge in [0.15, 0.2) is 0 Å². The van der Waals surface area contributed by atoms with E-state index in [1.54, 1.807) is 6.07 Å². The third-order valence-corrected chi connectivity index (χ3v) is 5.48. The number of ether oxygens (including phenoxy) is 2. The Morgan fingerprint density at radius 3 is 2.91 bits per heavy atom. The van der Waals surface area contributed by atoms with Gasteiger partial charge in [-0.1, -0.05) is 24.3 Å². The molecule has 2 N–H and O–H groups in total. The van der Waals surface area contributed by atoms with E-state index in [1.165, 1.54) is 6.20 Å². The molecule has 7 nitrogen and oxygen atoms in total. The maximum absolute atomic E-state index is 11.8. The minimum atomic E-state index is -0.824. The van der Waals surface area contributed by atoms with Crippen molar-refractivity contribution in [3.05, 3.63) is 82.7 Å². The van der Waals surface area contributed by atoms with Crippen LogP contribution < -0.4 is 19.5 Å². The van der Waals surface area contributed by atoms with E-state index in [1.807, 2.05) is 55.5 Å². The first-order chi connectivity index (χ1) is 15.5. The molecule has 2 aromatic carbocycles. The number of aliphatic carboxylic acids is 1. The van der Waals surface area contributed by atoms with Crippen molar-refractivity contribution in [2.75, 3.05) is 18.5 Å². The van der Waals surface area contributed by atoms with Crippen molar-refractivity contribution in [3.8, 4) is 17.2 Å². The molecule has 2 heterocycles. The normalized spacial score (nSPS) is 14.5. The first kappa shape index (κ1) is 21.5. The van der Waals surface area contributed by atoms with E-state index in [0.717, 1.165) is 27.8 Å². The molecule has 0 saturated carbocycles. The van der Waals surface area contributed by atoms with Gasteiger partial charge in [-0.3, -0.25) is 10.1 Å². The zero-order chi connectivity index (χ0) is 22.5. The number of aryl methyl sites for hydroxylation is 1. The second kappa shape index (κ2) is 9.60. The summed E-state index contributed by atoms with van der Waals surface area (Å²) in [6.07, 6.45) is 2.85. The van der Waals surface area contributed by atoms with E-state index in [2.05, 4.69) is 5.32 Å². The molecule has 1 aromatic heterocycles. The quantitative estimate of drug-likeness (QED) is 0.310. The Kier molecular flexibility index (Phi) is 6.44. The van der Waals surface area contributed by atoms with Gasteiger partial charge in [0.2, 0.25) is 0 Å². The Morgan fingerprint density at radius 1 is 1.22 bits per heavy atom. The molecule has 3 aromatic rings. The average Bonchev–Trinajstić information content (AvgIpc) is 2.91. The Hall–Kier alpha value is -3.74. The third-order valence-electron chi connectivity index (χ3n) is 5.48. The van der Waals surface area contributed by atoms with Crippen LogP contribution in [0.3, 0.4) is 0 Å². The third kappa shape index (κ3) is 5.11. The van der Waals surface area contributed by atoms with Gasteiger partial charge in [-0.05, 0) is 48.2 Å². The second-order valence-corrected chi connectivity index (χ2v) is 7.95. The molecule has 0 fully saturated rings. The van der Waals surface area contributed by atoms with Crippen LogP contribution in [0.2, 0.25) is 0 Å². The fraction of sp³-hybridized carbons (Fsp3) is 0.280. The zero-order valence-electron chi connectivity index (χ0n) is 17.9. The van der Waals surface area contributed by atoms with Crippen LogP contribution in [0.4, 0.5) is 5.82 Å². The van der Waals surface area contributed by atoms with Crippen molar-refractivity contribution in [2.45, 2.75) is 32.1 Å². The molecule has 7 heteroatoms. The SMILES string of the molecule is Cc1cc[n+]([O-])c(NCCCOc2ccc3c(c2)Oc2ccccc2C(CC(=O)O)C3)c1. The lowest BCUT2D eigenvalue weighted by molar-refractivity contribution is -0.590. The van der Waals surface area contributed by atoms with Crippen LogP contribution in [0.25, 0.3) is 0 Å². The molecule has 32 heavy (non-hydrogen) atoms. The number of nitrogens with one attached hydrogen (secondary N) is 1. The van der Waals surface area contributed by atoms with Crippen LogP contribution in [-0.4, -0.2) is 24.2 Å². The largest absolute Gasteiger partial charge is 0.711 e. The van der Waals surface area contributed by atoms with E-state index in [0.29, 0.717) is 42.6 Å². The van der Waals surface area contributed by atoms with Crippen LogP contribution in [0.1, 0.15) is 35.4 Å². The summed E-state index contributed by atoms with van der Waals surface area (Å²) in [5.74, 6) is 1.62. The smallest absolute Gasteiger partial charge is 0.303 e. The van der Waals surface area contributed by atoms with Gasteiger partial charge >= 0.3 is 5.97 Å². The maximum Gasteiger partial charge on any atom is 0.303 e. The number of hydrogen-bond acceptors (Lipinski definition) is 5. The molecule has 0 saturated heterocycles. The van der Waals surface area contributed by atoms with E-state index in [4.69, 9.17) is 9.47 Å². The summed E-state index contributed by atoms with van der Waals surface area (Å²) >= 11 is 0. The Labute approximate surface area is 186 Å². The van der Waals surface area contributed by atoms with E-state index >= 15 is 0 Å². The highest BCUT2D eigenvalue weighted by Crippen LogP contribution is 2.41. The minimum Gasteiger partial charge on any atom is -0.711 e. The molecular formula is C25H26N2O5. The number of carboxylic acid groups (broad SMARTS) is 1. The maximum atomic E-state index is 11.8. The van der Waals surface area contributed by atoms with Gasteiger partial charge in [0.25, 0.3) is 5.82 Å². The number of anilines is 1. The number of pyridine rings is 1. The Morgan fingerprint density at radius 2 is 2.06 bits per heavy atom. The molecule has 0 spiro atoms. The summed E-state index contributed by atoms with van der Waals surface area (Å²) < 4.78 is 12.8. The summed E-state index contributed by atoms with van der Waals surface area (Å²) in [6, 6.07) is 16.8. The van der Waals surface area contributed by atoms with Crippen LogP contribution in [0.5, 0.6) is 17.2 Å². The molecule has 1 unspecified atom stereocenters. The summed E-state index contributed by atoms with van der Waals surface area (Å²) in [6.45, 7) is 3.03. The van der Waals surface area contributed by atoms with Crippen LogP contribution in [0.15, 0.2) is 60.8 Å². The summed E-state index contributed by atoms with van der Waals surface area (Å²) in [7, 11) is 0. The van der Waals surface area contributed by atoms with Crippen molar-refractivity contribution in [1.29, 1.82) is 0 Å². The van der Waals surface area contributed by atoms with Crippen LogP contribution in [0, 0.1) is 12.1 Å². The van der Waals surface area contributed by atoms with Crippen molar-refractivity contribution in [1.82, 2.24) is 0 Å². The molecule has 0 amide bonds. The van der Waals surface area contributed by atoms with Crippen molar-refractivity contribution in [2.24, 2.45) is 0 Å². The standard InChI is InChI=1S/C25H26N2O5/c1-17-9-11-27(30)24(13-17)26-10-4-12-31-20-8-7-18-14-19(15-25(28)29)21-5-2-3-6-22(21)32-23(18)16-20/h2-3,5-9,11,13,16,19,26H,4,10,12,14-15H2,1H3,(H,28,29). The molecule has 1 aliphatic rings. The van der Waals surface area contributed by atoms with Gasteiger partial charge in [0, 0.05) is 24.5 Å². The van der Waals surface area contributed by atoms with Gasteiger partial charge < -0.3 is 19.8 Å². The number of nitrogens with zero attached hydrogens (tertiary/aromatic N) is 1. The average molecular weight is 434 g/mol. The minimum absolute atomic E-state index is 0.0510. The molecule has 1 aliphatic heterocycles. The lowest BCUT2D eigenvalue weighted by atomic mass is 9.89. The van der Waals surface area contributed by atoms with Crippen LogP contribution in [-0.2, 0) is 11.2 Å². The van der Waals surface area contributed by atoms with E-state index in [9.17, 15) is 15.1 Å².